The van der Waals surface area contributed by atoms with Crippen LogP contribution in [0.15, 0.2) is 24.3 Å². The Hall–Kier alpha value is -2.25. The molecule has 0 aromatic heterocycles. The molecule has 0 radical (unpaired) electrons. The van der Waals surface area contributed by atoms with Crippen molar-refractivity contribution < 1.29 is 32.2 Å². The fraction of sp³-hybridized carbons (Fsp3) is 0.500. The lowest BCUT2D eigenvalue weighted by Crippen LogP contribution is -2.62. The summed E-state index contributed by atoms with van der Waals surface area (Å²) < 4.78 is 50.7. The van der Waals surface area contributed by atoms with E-state index in [1.165, 1.54) is 26.0 Å². The van der Waals surface area contributed by atoms with Gasteiger partial charge >= 0.3 is 18.2 Å². The number of aryl methyl sites for hydroxylation is 1. The predicted molar refractivity (Wildman–Crippen MR) is 80.3 cm³/mol. The summed E-state index contributed by atoms with van der Waals surface area (Å²) >= 11 is 0. The Morgan fingerprint density at radius 3 is 1.96 bits per heavy atom. The molecule has 0 fully saturated rings. The first-order valence-electron chi connectivity index (χ1n) is 7.51. The number of carbonyl (C=O) groups is 2. The summed E-state index contributed by atoms with van der Waals surface area (Å²) in [5.41, 5.74) is -2.99. The van der Waals surface area contributed by atoms with E-state index < -0.39 is 29.3 Å². The Balaban J connectivity index is 3.49. The van der Waals surface area contributed by atoms with E-state index in [1.807, 2.05) is 6.92 Å². The van der Waals surface area contributed by atoms with Crippen LogP contribution in [-0.2, 0) is 26.2 Å². The van der Waals surface area contributed by atoms with Gasteiger partial charge in [0, 0.05) is 0 Å². The largest absolute Gasteiger partial charge is 0.464 e. The number of esters is 1. The molecule has 0 saturated heterocycles. The number of rotatable bonds is 6. The van der Waals surface area contributed by atoms with Crippen molar-refractivity contribution in [3.05, 3.63) is 35.4 Å². The molecule has 1 amide bonds. The first-order valence-corrected chi connectivity index (χ1v) is 7.51. The van der Waals surface area contributed by atoms with Crippen LogP contribution in [-0.4, -0.2) is 31.5 Å². The molecule has 1 rings (SSSR count). The lowest BCUT2D eigenvalue weighted by Gasteiger charge is -2.34. The first kappa shape index (κ1) is 19.8. The van der Waals surface area contributed by atoms with Crippen molar-refractivity contribution in [1.82, 2.24) is 5.32 Å². The molecule has 0 aliphatic rings. The summed E-state index contributed by atoms with van der Waals surface area (Å²) in [5, 5.41) is 1.65. The molecular weight excluding hydrogens is 327 g/mol. The predicted octanol–water partition coefficient (Wildman–Crippen LogP) is 3.32. The van der Waals surface area contributed by atoms with Gasteiger partial charge in [-0.2, -0.15) is 13.2 Å². The van der Waals surface area contributed by atoms with Crippen LogP contribution in [0.1, 0.15) is 31.9 Å². The highest BCUT2D eigenvalue weighted by Gasteiger charge is 2.64. The maximum atomic E-state index is 13.8. The zero-order chi connectivity index (χ0) is 18.4. The number of hydrogen-bond donors (Lipinski definition) is 1. The smallest absolute Gasteiger partial charge is 0.426 e. The molecule has 0 unspecified atom stereocenters. The molecule has 0 bridgehead atoms. The lowest BCUT2D eigenvalue weighted by atomic mass is 9.88. The Morgan fingerprint density at radius 1 is 1.00 bits per heavy atom. The minimum absolute atomic E-state index is 0.141. The van der Waals surface area contributed by atoms with Crippen LogP contribution in [0.4, 0.5) is 18.0 Å². The van der Waals surface area contributed by atoms with Gasteiger partial charge in [-0.05, 0) is 31.4 Å². The van der Waals surface area contributed by atoms with E-state index in [0.29, 0.717) is 6.42 Å². The van der Waals surface area contributed by atoms with Crippen LogP contribution in [0.25, 0.3) is 0 Å². The molecule has 1 aromatic rings. The van der Waals surface area contributed by atoms with E-state index in [-0.39, 0.29) is 13.2 Å². The van der Waals surface area contributed by atoms with Crippen LogP contribution in [0.3, 0.4) is 0 Å². The quantitative estimate of drug-likeness (QED) is 0.802. The third-order valence-electron chi connectivity index (χ3n) is 3.37. The zero-order valence-corrected chi connectivity index (χ0v) is 13.7. The van der Waals surface area contributed by atoms with Crippen LogP contribution >= 0.6 is 0 Å². The van der Waals surface area contributed by atoms with E-state index in [0.717, 1.165) is 17.7 Å². The van der Waals surface area contributed by atoms with Crippen molar-refractivity contribution >= 4 is 12.1 Å². The minimum atomic E-state index is -5.13. The first-order chi connectivity index (χ1) is 11.2. The van der Waals surface area contributed by atoms with Crippen LogP contribution in [0.5, 0.6) is 0 Å². The molecular formula is C16H20F3NO4. The molecule has 0 spiro atoms. The summed E-state index contributed by atoms with van der Waals surface area (Å²) in [6, 6.07) is 5.22. The van der Waals surface area contributed by atoms with Crippen molar-refractivity contribution in [2.75, 3.05) is 13.2 Å². The molecule has 5 nitrogen and oxygen atoms in total. The molecule has 1 atom stereocenters. The van der Waals surface area contributed by atoms with Gasteiger partial charge in [-0.3, -0.25) is 5.32 Å². The highest BCUT2D eigenvalue weighted by Crippen LogP contribution is 2.40. The Bertz CT molecular complexity index is 572. The molecule has 1 N–H and O–H groups in total. The van der Waals surface area contributed by atoms with Gasteiger partial charge < -0.3 is 9.47 Å². The van der Waals surface area contributed by atoms with Gasteiger partial charge in [0.2, 0.25) is 0 Å². The van der Waals surface area contributed by atoms with Gasteiger partial charge in [-0.1, -0.05) is 31.2 Å². The summed E-state index contributed by atoms with van der Waals surface area (Å²) in [5.74, 6) is -1.62. The van der Waals surface area contributed by atoms with Crippen molar-refractivity contribution in [3.8, 4) is 0 Å². The summed E-state index contributed by atoms with van der Waals surface area (Å²) in [6.07, 6.45) is -5.87. The summed E-state index contributed by atoms with van der Waals surface area (Å²) in [4.78, 5) is 23.9. The molecule has 24 heavy (non-hydrogen) atoms. The highest BCUT2D eigenvalue weighted by atomic mass is 19.4. The van der Waals surface area contributed by atoms with Gasteiger partial charge in [0.1, 0.15) is 0 Å². The topological polar surface area (TPSA) is 64.6 Å². The number of amides is 1. The van der Waals surface area contributed by atoms with E-state index in [9.17, 15) is 22.8 Å². The molecule has 134 valence electrons. The van der Waals surface area contributed by atoms with Gasteiger partial charge in [0.15, 0.2) is 0 Å². The number of alkyl carbamates (subject to hydrolysis) is 1. The van der Waals surface area contributed by atoms with Crippen LogP contribution in [0, 0.1) is 0 Å². The fourth-order valence-corrected chi connectivity index (χ4v) is 2.14. The maximum absolute atomic E-state index is 13.8. The number of ether oxygens (including phenoxy) is 2. The van der Waals surface area contributed by atoms with Crippen molar-refractivity contribution in [3.63, 3.8) is 0 Å². The molecule has 0 aliphatic heterocycles. The number of nitrogens with one attached hydrogen (secondary N) is 1. The third-order valence-corrected chi connectivity index (χ3v) is 3.37. The molecule has 0 heterocycles. The molecule has 0 saturated carbocycles. The van der Waals surface area contributed by atoms with Gasteiger partial charge in [0.05, 0.1) is 13.2 Å². The summed E-state index contributed by atoms with van der Waals surface area (Å²) in [7, 11) is 0. The zero-order valence-electron chi connectivity index (χ0n) is 13.7. The van der Waals surface area contributed by atoms with Crippen molar-refractivity contribution in [2.45, 2.75) is 38.9 Å². The lowest BCUT2D eigenvalue weighted by molar-refractivity contribution is -0.215. The van der Waals surface area contributed by atoms with E-state index in [2.05, 4.69) is 9.47 Å². The number of halogens is 3. The van der Waals surface area contributed by atoms with E-state index in [1.54, 1.807) is 5.32 Å². The van der Waals surface area contributed by atoms with E-state index >= 15 is 0 Å². The van der Waals surface area contributed by atoms with Gasteiger partial charge in [-0.25, -0.2) is 9.59 Å². The van der Waals surface area contributed by atoms with Crippen molar-refractivity contribution in [1.29, 1.82) is 0 Å². The second-order valence-electron chi connectivity index (χ2n) is 4.86. The monoisotopic (exact) mass is 347 g/mol. The Kier molecular flexibility index (Phi) is 6.62. The average Bonchev–Trinajstić information content (AvgIpc) is 2.52. The minimum Gasteiger partial charge on any atom is -0.464 e. The Morgan fingerprint density at radius 2 is 1.54 bits per heavy atom. The maximum Gasteiger partial charge on any atom is 0.426 e. The van der Waals surface area contributed by atoms with E-state index in [4.69, 9.17) is 0 Å². The number of alkyl halides is 3. The second-order valence-corrected chi connectivity index (χ2v) is 4.86. The average molecular weight is 347 g/mol. The highest BCUT2D eigenvalue weighted by molar-refractivity contribution is 5.88. The standard InChI is InChI=1S/C16H20F3NO4/c1-4-11-7-9-12(10-8-11)15(16(17,18)19,13(21)23-5-2)20-14(22)24-6-3/h7-10H,4-6H2,1-3H3,(H,20,22)/t15-/m0/s1. The summed E-state index contributed by atoms with van der Waals surface area (Å²) in [6.45, 7) is 4.25. The SMILES string of the molecule is CCOC(=O)N[C@](C(=O)OCC)(c1ccc(CC)cc1)C(F)(F)F. The number of hydrogen-bond acceptors (Lipinski definition) is 4. The van der Waals surface area contributed by atoms with Gasteiger partial charge in [-0.15, -0.1) is 0 Å². The fourth-order valence-electron chi connectivity index (χ4n) is 2.14. The van der Waals surface area contributed by atoms with Crippen LogP contribution < -0.4 is 5.32 Å². The Labute approximate surface area is 138 Å². The second kappa shape index (κ2) is 8.03. The third kappa shape index (κ3) is 3.98. The number of carbonyl (C=O) groups excluding carboxylic acids is 2. The van der Waals surface area contributed by atoms with Gasteiger partial charge in [0.25, 0.3) is 5.54 Å². The molecule has 8 heteroatoms. The molecule has 1 aromatic carbocycles. The molecule has 0 aliphatic carbocycles. The van der Waals surface area contributed by atoms with Crippen molar-refractivity contribution in [2.24, 2.45) is 0 Å². The normalized spacial score (nSPS) is 13.8. The number of benzene rings is 1. The van der Waals surface area contributed by atoms with Crippen LogP contribution in [0.2, 0.25) is 0 Å².